The van der Waals surface area contributed by atoms with Crippen molar-refractivity contribution in [3.63, 3.8) is 0 Å². The lowest BCUT2D eigenvalue weighted by molar-refractivity contribution is -0.130. The second kappa shape index (κ2) is 13.5. The molecular weight excluding hydrogens is 485 g/mol. The molecule has 8 heteroatoms. The summed E-state index contributed by atoms with van der Waals surface area (Å²) in [6, 6.07) is 10.0. The summed E-state index contributed by atoms with van der Waals surface area (Å²) in [7, 11) is 0. The molecule has 0 atom stereocenters. The molecule has 2 aromatic rings. The van der Waals surface area contributed by atoms with E-state index in [-0.39, 0.29) is 36.4 Å². The van der Waals surface area contributed by atoms with Crippen molar-refractivity contribution < 1.29 is 4.79 Å². The zero-order valence-electron chi connectivity index (χ0n) is 16.8. The first kappa shape index (κ1) is 24.4. The standard InChI is InChI=1S/C20H29N5OS.HI/c1-4-21-20(22-12-11-18-23-13-16(3)27-18)24-14-19(26)25(5-2)15-17-9-7-6-8-10-17;/h6-10,13H,4-5,11-12,14-15H2,1-3H3,(H2,21,22,24);1H. The molecule has 1 aromatic heterocycles. The highest BCUT2D eigenvalue weighted by atomic mass is 127. The molecule has 0 aliphatic carbocycles. The number of amides is 1. The maximum Gasteiger partial charge on any atom is 0.244 e. The van der Waals surface area contributed by atoms with Crippen molar-refractivity contribution in [3.8, 4) is 0 Å². The van der Waals surface area contributed by atoms with Gasteiger partial charge in [-0.25, -0.2) is 9.98 Å². The Morgan fingerprint density at radius 1 is 1.21 bits per heavy atom. The van der Waals surface area contributed by atoms with Crippen LogP contribution in [-0.2, 0) is 17.8 Å². The van der Waals surface area contributed by atoms with Crippen LogP contribution in [0.4, 0.5) is 0 Å². The van der Waals surface area contributed by atoms with Gasteiger partial charge in [-0.2, -0.15) is 0 Å². The maximum absolute atomic E-state index is 12.5. The van der Waals surface area contributed by atoms with Crippen molar-refractivity contribution in [3.05, 3.63) is 52.0 Å². The molecule has 0 radical (unpaired) electrons. The van der Waals surface area contributed by atoms with Crippen LogP contribution >= 0.6 is 35.3 Å². The van der Waals surface area contributed by atoms with Crippen LogP contribution in [-0.4, -0.2) is 47.9 Å². The van der Waals surface area contributed by atoms with E-state index in [1.807, 2.05) is 55.3 Å². The third-order valence-corrected chi connectivity index (χ3v) is 4.94. The van der Waals surface area contributed by atoms with Crippen LogP contribution in [0.5, 0.6) is 0 Å². The molecule has 1 aromatic carbocycles. The lowest BCUT2D eigenvalue weighted by Gasteiger charge is -2.20. The highest BCUT2D eigenvalue weighted by molar-refractivity contribution is 14.0. The number of rotatable bonds is 9. The van der Waals surface area contributed by atoms with Gasteiger partial charge in [-0.3, -0.25) is 4.79 Å². The summed E-state index contributed by atoms with van der Waals surface area (Å²) in [6.07, 6.45) is 2.73. The molecule has 0 aliphatic rings. The van der Waals surface area contributed by atoms with E-state index in [1.165, 1.54) is 4.88 Å². The number of halogens is 1. The Bertz CT molecular complexity index is 735. The third kappa shape index (κ3) is 8.55. The molecular formula is C20H30IN5OS. The zero-order chi connectivity index (χ0) is 19.5. The van der Waals surface area contributed by atoms with Crippen LogP contribution in [0.3, 0.4) is 0 Å². The zero-order valence-corrected chi connectivity index (χ0v) is 19.9. The number of hydrogen-bond acceptors (Lipinski definition) is 4. The number of carbonyl (C=O) groups excluding carboxylic acids is 1. The summed E-state index contributed by atoms with van der Waals surface area (Å²) >= 11 is 1.71. The molecule has 154 valence electrons. The Kier molecular flexibility index (Phi) is 11.7. The highest BCUT2D eigenvalue weighted by Gasteiger charge is 2.12. The fraction of sp³-hybridized carbons (Fsp3) is 0.450. The maximum atomic E-state index is 12.5. The van der Waals surface area contributed by atoms with Crippen molar-refractivity contribution in [1.82, 2.24) is 20.5 Å². The number of nitrogens with one attached hydrogen (secondary N) is 2. The summed E-state index contributed by atoms with van der Waals surface area (Å²) < 4.78 is 0. The van der Waals surface area contributed by atoms with Gasteiger partial charge in [-0.05, 0) is 26.3 Å². The number of nitrogens with zero attached hydrogens (tertiary/aromatic N) is 3. The fourth-order valence-electron chi connectivity index (χ4n) is 2.57. The Hall–Kier alpha value is -1.68. The molecule has 0 saturated heterocycles. The number of carbonyl (C=O) groups is 1. The number of guanidine groups is 1. The minimum atomic E-state index is 0. The third-order valence-electron chi connectivity index (χ3n) is 3.97. The molecule has 2 rings (SSSR count). The predicted molar refractivity (Wildman–Crippen MR) is 127 cm³/mol. The topological polar surface area (TPSA) is 69.6 Å². The first-order chi connectivity index (χ1) is 13.1. The van der Waals surface area contributed by atoms with Gasteiger partial charge in [0, 0.05) is 43.7 Å². The van der Waals surface area contributed by atoms with Crippen LogP contribution < -0.4 is 10.6 Å². The minimum Gasteiger partial charge on any atom is -0.357 e. The summed E-state index contributed by atoms with van der Waals surface area (Å²) in [5.74, 6) is 0.684. The van der Waals surface area contributed by atoms with Crippen molar-refractivity contribution >= 4 is 47.2 Å². The van der Waals surface area contributed by atoms with Gasteiger partial charge in [-0.1, -0.05) is 30.3 Å². The SMILES string of the molecule is CCNC(=NCC(=O)N(CC)Cc1ccccc1)NCCc1ncc(C)s1.I. The van der Waals surface area contributed by atoms with Gasteiger partial charge < -0.3 is 15.5 Å². The molecule has 0 fully saturated rings. The molecule has 0 aliphatic heterocycles. The quantitative estimate of drug-likeness (QED) is 0.306. The van der Waals surface area contributed by atoms with E-state index in [1.54, 1.807) is 11.3 Å². The Morgan fingerprint density at radius 2 is 1.96 bits per heavy atom. The van der Waals surface area contributed by atoms with Gasteiger partial charge in [0.1, 0.15) is 6.54 Å². The van der Waals surface area contributed by atoms with E-state index in [9.17, 15) is 4.79 Å². The summed E-state index contributed by atoms with van der Waals surface area (Å²) in [5.41, 5.74) is 1.13. The smallest absolute Gasteiger partial charge is 0.244 e. The van der Waals surface area contributed by atoms with Gasteiger partial charge in [0.25, 0.3) is 0 Å². The van der Waals surface area contributed by atoms with Crippen molar-refractivity contribution in [2.75, 3.05) is 26.2 Å². The van der Waals surface area contributed by atoms with Crippen molar-refractivity contribution in [1.29, 1.82) is 0 Å². The van der Waals surface area contributed by atoms with Gasteiger partial charge in [0.05, 0.1) is 5.01 Å². The van der Waals surface area contributed by atoms with Crippen LogP contribution in [0.15, 0.2) is 41.5 Å². The van der Waals surface area contributed by atoms with Gasteiger partial charge in [0.2, 0.25) is 5.91 Å². The molecule has 0 bridgehead atoms. The molecule has 1 heterocycles. The van der Waals surface area contributed by atoms with Gasteiger partial charge in [0.15, 0.2) is 5.96 Å². The van der Waals surface area contributed by atoms with Gasteiger partial charge >= 0.3 is 0 Å². The average molecular weight is 515 g/mol. The van der Waals surface area contributed by atoms with Crippen LogP contribution in [0.25, 0.3) is 0 Å². The molecule has 0 saturated carbocycles. The van der Waals surface area contributed by atoms with E-state index < -0.39 is 0 Å². The van der Waals surface area contributed by atoms with Crippen molar-refractivity contribution in [2.24, 2.45) is 4.99 Å². The average Bonchev–Trinajstić information content (AvgIpc) is 3.09. The first-order valence-corrected chi connectivity index (χ1v) is 10.2. The Morgan fingerprint density at radius 3 is 2.57 bits per heavy atom. The van der Waals surface area contributed by atoms with Crippen LogP contribution in [0.2, 0.25) is 0 Å². The van der Waals surface area contributed by atoms with E-state index in [0.717, 1.165) is 30.1 Å². The molecule has 1 amide bonds. The summed E-state index contributed by atoms with van der Waals surface area (Å²) in [6.45, 7) is 8.94. The van der Waals surface area contributed by atoms with E-state index in [0.29, 0.717) is 19.0 Å². The fourth-order valence-corrected chi connectivity index (χ4v) is 3.36. The number of benzene rings is 1. The summed E-state index contributed by atoms with van der Waals surface area (Å²) in [4.78, 5) is 24.4. The molecule has 6 nitrogen and oxygen atoms in total. The molecule has 2 N–H and O–H groups in total. The largest absolute Gasteiger partial charge is 0.357 e. The van der Waals surface area contributed by atoms with Crippen LogP contribution in [0.1, 0.15) is 29.3 Å². The number of likely N-dealkylation sites (N-methyl/N-ethyl adjacent to an activating group) is 1. The minimum absolute atomic E-state index is 0. The number of thiazole rings is 1. The monoisotopic (exact) mass is 515 g/mol. The second-order valence-corrected chi connectivity index (χ2v) is 7.45. The van der Waals surface area contributed by atoms with Gasteiger partial charge in [-0.15, -0.1) is 35.3 Å². The van der Waals surface area contributed by atoms with E-state index >= 15 is 0 Å². The summed E-state index contributed by atoms with van der Waals surface area (Å²) in [5, 5.41) is 7.57. The number of aliphatic imine (C=N–C) groups is 1. The van der Waals surface area contributed by atoms with Crippen LogP contribution in [0, 0.1) is 6.92 Å². The van der Waals surface area contributed by atoms with Crippen molar-refractivity contribution in [2.45, 2.75) is 33.7 Å². The Labute approximate surface area is 188 Å². The second-order valence-electron chi connectivity index (χ2n) is 6.13. The lowest BCUT2D eigenvalue weighted by Crippen LogP contribution is -2.40. The van der Waals surface area contributed by atoms with E-state index in [4.69, 9.17) is 0 Å². The number of aryl methyl sites for hydroxylation is 1. The predicted octanol–water partition coefficient (Wildman–Crippen LogP) is 3.22. The molecule has 0 spiro atoms. The highest BCUT2D eigenvalue weighted by Crippen LogP contribution is 2.10. The Balaban J connectivity index is 0.00000392. The normalized spacial score (nSPS) is 10.9. The lowest BCUT2D eigenvalue weighted by atomic mass is 10.2. The number of hydrogen-bond donors (Lipinski definition) is 2. The first-order valence-electron chi connectivity index (χ1n) is 9.37. The number of aromatic nitrogens is 1. The molecule has 0 unspecified atom stereocenters. The molecule has 28 heavy (non-hydrogen) atoms. The van der Waals surface area contributed by atoms with E-state index in [2.05, 4.69) is 27.5 Å².